The number of allylic oxidation sites excluding steroid dienone is 3. The van der Waals surface area contributed by atoms with E-state index in [2.05, 4.69) is 12.1 Å². The van der Waals surface area contributed by atoms with Crippen molar-refractivity contribution in [2.75, 3.05) is 0 Å². The van der Waals surface area contributed by atoms with E-state index in [0.717, 1.165) is 29.7 Å². The van der Waals surface area contributed by atoms with Crippen LogP contribution in [0.25, 0.3) is 0 Å². The summed E-state index contributed by atoms with van der Waals surface area (Å²) in [6, 6.07) is 11.8. The number of ether oxygens (including phenoxy) is 2. The van der Waals surface area contributed by atoms with Gasteiger partial charge in [0.05, 0.1) is 5.92 Å². The van der Waals surface area contributed by atoms with E-state index in [1.54, 1.807) is 0 Å². The number of hydrogen-bond acceptors (Lipinski definition) is 4. The lowest BCUT2D eigenvalue weighted by molar-refractivity contribution is -0.147. The lowest BCUT2D eigenvalue weighted by Gasteiger charge is -2.47. The molecule has 0 N–H and O–H groups in total. The molecule has 4 heteroatoms. The van der Waals surface area contributed by atoms with Gasteiger partial charge in [0, 0.05) is 5.41 Å². The number of para-hydroxylation sites is 1. The summed E-state index contributed by atoms with van der Waals surface area (Å²) in [5, 5.41) is 9.76. The van der Waals surface area contributed by atoms with Gasteiger partial charge in [0.25, 0.3) is 0 Å². The summed E-state index contributed by atoms with van der Waals surface area (Å²) in [6.07, 6.45) is 8.60. The van der Waals surface area contributed by atoms with Crippen molar-refractivity contribution >= 4 is 5.97 Å². The van der Waals surface area contributed by atoms with Crippen molar-refractivity contribution in [2.45, 2.75) is 52.2 Å². The minimum atomic E-state index is -0.933. The molecule has 3 rings (SSSR count). The average molecular weight is 377 g/mol. The highest BCUT2D eigenvalue weighted by atomic mass is 16.5. The third-order valence-electron chi connectivity index (χ3n) is 5.40. The first-order valence-electron chi connectivity index (χ1n) is 9.69. The van der Waals surface area contributed by atoms with Crippen LogP contribution in [0.5, 0.6) is 5.75 Å². The molecule has 28 heavy (non-hydrogen) atoms. The molecule has 2 unspecified atom stereocenters. The maximum absolute atomic E-state index is 12.2. The molecule has 1 fully saturated rings. The lowest BCUT2D eigenvalue weighted by atomic mass is 9.65. The quantitative estimate of drug-likeness (QED) is 0.509. The Balaban J connectivity index is 1.98. The Kier molecular flexibility index (Phi) is 5.47. The van der Waals surface area contributed by atoms with E-state index in [0.29, 0.717) is 0 Å². The van der Waals surface area contributed by atoms with Gasteiger partial charge in [-0.2, -0.15) is 5.26 Å². The van der Waals surface area contributed by atoms with Gasteiger partial charge in [-0.1, -0.05) is 49.8 Å². The molecule has 1 saturated carbocycles. The third-order valence-corrected chi connectivity index (χ3v) is 5.40. The fourth-order valence-corrected chi connectivity index (χ4v) is 3.57. The second kappa shape index (κ2) is 7.67. The molecule has 2 aliphatic rings. The third kappa shape index (κ3) is 3.89. The first kappa shape index (κ1) is 19.9. The second-order valence-corrected chi connectivity index (χ2v) is 8.26. The summed E-state index contributed by atoms with van der Waals surface area (Å²) in [5.41, 5.74) is 0.413. The Hall–Kier alpha value is -2.80. The van der Waals surface area contributed by atoms with Crippen LogP contribution < -0.4 is 4.74 Å². The Morgan fingerprint density at radius 1 is 1.25 bits per heavy atom. The maximum atomic E-state index is 12.2. The Labute approximate surface area is 167 Å². The van der Waals surface area contributed by atoms with E-state index in [1.807, 2.05) is 76.3 Å². The highest BCUT2D eigenvalue weighted by molar-refractivity contribution is 5.75. The molecular weight excluding hydrogens is 350 g/mol. The van der Waals surface area contributed by atoms with Crippen LogP contribution in [0.4, 0.5) is 0 Å². The van der Waals surface area contributed by atoms with Gasteiger partial charge >= 0.3 is 5.97 Å². The number of benzene rings is 1. The molecule has 0 aromatic heterocycles. The summed E-state index contributed by atoms with van der Waals surface area (Å²) in [6.45, 7) is 8.10. The van der Waals surface area contributed by atoms with Crippen molar-refractivity contribution in [3.05, 3.63) is 65.8 Å². The first-order chi connectivity index (χ1) is 13.3. The van der Waals surface area contributed by atoms with Crippen molar-refractivity contribution in [2.24, 2.45) is 11.3 Å². The van der Waals surface area contributed by atoms with E-state index in [9.17, 15) is 10.1 Å². The summed E-state index contributed by atoms with van der Waals surface area (Å²) in [4.78, 5) is 12.2. The molecule has 1 aromatic rings. The average Bonchev–Trinajstić information content (AvgIpc) is 3.48. The van der Waals surface area contributed by atoms with Crippen molar-refractivity contribution in [3.63, 3.8) is 0 Å². The molecule has 1 aromatic carbocycles. The monoisotopic (exact) mass is 377 g/mol. The smallest absolute Gasteiger partial charge is 0.310 e. The van der Waals surface area contributed by atoms with E-state index in [1.165, 1.54) is 0 Å². The van der Waals surface area contributed by atoms with Crippen LogP contribution in [0.3, 0.4) is 0 Å². The zero-order valence-electron chi connectivity index (χ0n) is 16.9. The van der Waals surface area contributed by atoms with Gasteiger partial charge in [-0.25, -0.2) is 0 Å². The van der Waals surface area contributed by atoms with E-state index in [-0.39, 0.29) is 11.9 Å². The molecule has 2 aliphatic carbocycles. The van der Waals surface area contributed by atoms with Crippen molar-refractivity contribution in [1.82, 2.24) is 0 Å². The van der Waals surface area contributed by atoms with Gasteiger partial charge in [0.15, 0.2) is 5.60 Å². The number of nitrogens with zero attached hydrogens (tertiary/aromatic N) is 1. The number of rotatable bonds is 6. The molecule has 0 heterocycles. The Bertz CT molecular complexity index is 865. The van der Waals surface area contributed by atoms with Crippen LogP contribution in [-0.2, 0) is 9.53 Å². The highest BCUT2D eigenvalue weighted by Gasteiger charge is 2.50. The number of carbonyl (C=O) groups excluding carboxylic acids is 1. The van der Waals surface area contributed by atoms with Crippen LogP contribution in [0.15, 0.2) is 65.8 Å². The summed E-state index contributed by atoms with van der Waals surface area (Å²) >= 11 is 0. The minimum Gasteiger partial charge on any atom is -0.478 e. The Morgan fingerprint density at radius 3 is 2.50 bits per heavy atom. The highest BCUT2D eigenvalue weighted by Crippen LogP contribution is 2.48. The normalized spacial score (nSPS) is 23.8. The van der Waals surface area contributed by atoms with Gasteiger partial charge in [0.1, 0.15) is 11.8 Å². The second-order valence-electron chi connectivity index (χ2n) is 8.26. The number of esters is 1. The fraction of sp³-hybridized carbons (Fsp3) is 0.417. The van der Waals surface area contributed by atoms with Crippen LogP contribution in [-0.4, -0.2) is 17.7 Å². The zero-order valence-corrected chi connectivity index (χ0v) is 16.9. The summed E-state index contributed by atoms with van der Waals surface area (Å²) in [7, 11) is 0. The van der Waals surface area contributed by atoms with Crippen LogP contribution >= 0.6 is 0 Å². The molecule has 4 nitrogen and oxygen atoms in total. The van der Waals surface area contributed by atoms with Crippen LogP contribution in [0.2, 0.25) is 0 Å². The SMILES string of the molecule is CC(C)=CC1(Oc2ccccc2)C=CC=C(C(C#N)OC(=O)C2CC2)C1(C)C. The number of carbonyl (C=O) groups is 1. The number of nitriles is 1. The largest absolute Gasteiger partial charge is 0.478 e. The minimum absolute atomic E-state index is 0.0539. The zero-order chi connectivity index (χ0) is 20.4. The fourth-order valence-electron chi connectivity index (χ4n) is 3.57. The van der Waals surface area contributed by atoms with Gasteiger partial charge in [-0.3, -0.25) is 4.79 Å². The molecule has 0 aliphatic heterocycles. The maximum Gasteiger partial charge on any atom is 0.310 e. The predicted molar refractivity (Wildman–Crippen MR) is 108 cm³/mol. The predicted octanol–water partition coefficient (Wildman–Crippen LogP) is 5.14. The molecule has 0 saturated heterocycles. The van der Waals surface area contributed by atoms with Crippen LogP contribution in [0.1, 0.15) is 40.5 Å². The molecule has 0 bridgehead atoms. The Morgan fingerprint density at radius 2 is 1.93 bits per heavy atom. The molecule has 146 valence electrons. The molecular formula is C24H27NO3. The van der Waals surface area contributed by atoms with Crippen molar-refractivity contribution in [3.8, 4) is 11.8 Å². The van der Waals surface area contributed by atoms with Crippen LogP contribution in [0, 0.1) is 22.7 Å². The van der Waals surface area contributed by atoms with Gasteiger partial charge in [-0.15, -0.1) is 0 Å². The summed E-state index contributed by atoms with van der Waals surface area (Å²) < 4.78 is 12.1. The van der Waals surface area contributed by atoms with Gasteiger partial charge < -0.3 is 9.47 Å². The van der Waals surface area contributed by atoms with Gasteiger partial charge in [0.2, 0.25) is 6.10 Å². The molecule has 2 atom stereocenters. The number of hydrogen-bond donors (Lipinski definition) is 0. The molecule has 0 amide bonds. The molecule has 0 spiro atoms. The summed E-state index contributed by atoms with van der Waals surface area (Å²) in [5.74, 6) is 0.402. The van der Waals surface area contributed by atoms with E-state index in [4.69, 9.17) is 9.47 Å². The van der Waals surface area contributed by atoms with Crippen molar-refractivity contribution in [1.29, 1.82) is 5.26 Å². The van der Waals surface area contributed by atoms with E-state index >= 15 is 0 Å². The topological polar surface area (TPSA) is 59.3 Å². The van der Waals surface area contributed by atoms with Crippen molar-refractivity contribution < 1.29 is 14.3 Å². The molecule has 0 radical (unpaired) electrons. The standard InChI is InChI=1S/C24H27NO3/c1-17(2)15-24(28-19-9-6-5-7-10-19)14-8-11-20(23(24,3)4)21(16-25)27-22(26)18-12-13-18/h5-11,14-15,18,21H,12-13H2,1-4H3. The lowest BCUT2D eigenvalue weighted by Crippen LogP contribution is -2.51. The first-order valence-corrected chi connectivity index (χ1v) is 9.69. The van der Waals surface area contributed by atoms with E-state index < -0.39 is 17.1 Å². The van der Waals surface area contributed by atoms with Gasteiger partial charge in [-0.05, 0) is 56.5 Å².